The fourth-order valence-corrected chi connectivity index (χ4v) is 2.28. The van der Waals surface area contributed by atoms with E-state index < -0.39 is 12.0 Å². The van der Waals surface area contributed by atoms with Gasteiger partial charge in [0.15, 0.2) is 0 Å². The first-order valence-corrected chi connectivity index (χ1v) is 6.56. The molecule has 1 aromatic carbocycles. The van der Waals surface area contributed by atoms with Crippen LogP contribution in [0.3, 0.4) is 0 Å². The minimum absolute atomic E-state index is 0.241. The van der Waals surface area contributed by atoms with E-state index in [2.05, 4.69) is 10.1 Å². The van der Waals surface area contributed by atoms with Crippen molar-refractivity contribution in [3.05, 3.63) is 29.8 Å². The van der Waals surface area contributed by atoms with E-state index in [1.54, 1.807) is 0 Å². The van der Waals surface area contributed by atoms with Gasteiger partial charge >= 0.3 is 5.97 Å². The summed E-state index contributed by atoms with van der Waals surface area (Å²) in [6, 6.07) is 7.38. The highest BCUT2D eigenvalue weighted by atomic mass is 32.2. The molecule has 4 nitrogen and oxygen atoms in total. The van der Waals surface area contributed by atoms with Crippen molar-refractivity contribution in [1.82, 2.24) is 5.32 Å². The minimum Gasteiger partial charge on any atom is -0.467 e. The van der Waals surface area contributed by atoms with Crippen LogP contribution in [0.4, 0.5) is 0 Å². The molecule has 0 fully saturated rings. The van der Waals surface area contributed by atoms with E-state index in [1.807, 2.05) is 31.2 Å². The highest BCUT2D eigenvalue weighted by Crippen LogP contribution is 2.19. The van der Waals surface area contributed by atoms with Crippen LogP contribution in [0.25, 0.3) is 0 Å². The van der Waals surface area contributed by atoms with Gasteiger partial charge in [-0.15, -0.1) is 11.8 Å². The van der Waals surface area contributed by atoms with Crippen molar-refractivity contribution in [2.45, 2.75) is 24.8 Å². The predicted molar refractivity (Wildman–Crippen MR) is 71.5 cm³/mol. The first-order chi connectivity index (χ1) is 8.52. The highest BCUT2D eigenvalue weighted by Gasteiger charge is 2.20. The maximum Gasteiger partial charge on any atom is 0.329 e. The quantitative estimate of drug-likeness (QED) is 0.652. The number of benzene rings is 1. The summed E-state index contributed by atoms with van der Waals surface area (Å²) < 4.78 is 4.65. The van der Waals surface area contributed by atoms with Crippen molar-refractivity contribution < 1.29 is 14.3 Å². The molecular weight excluding hydrogens is 250 g/mol. The smallest absolute Gasteiger partial charge is 0.329 e. The third-order valence-corrected chi connectivity index (χ3v) is 3.41. The number of methoxy groups -OCH3 is 1. The molecule has 0 aromatic heterocycles. The molecule has 0 aliphatic rings. The standard InChI is InChI=1S/C13H17NO3S/c1-9-4-6-11(7-5-9)18-8-12(13(16)17-3)14-10(2)15/h4-7,12H,8H2,1-3H3,(H,14,15)/t12-/m0/s1. The zero-order chi connectivity index (χ0) is 13.5. The van der Waals surface area contributed by atoms with Crippen molar-refractivity contribution >= 4 is 23.6 Å². The largest absolute Gasteiger partial charge is 0.467 e. The fraction of sp³-hybridized carbons (Fsp3) is 0.385. The van der Waals surface area contributed by atoms with Crippen LogP contribution in [-0.4, -0.2) is 30.8 Å². The molecule has 98 valence electrons. The van der Waals surface area contributed by atoms with Crippen LogP contribution in [0, 0.1) is 6.92 Å². The van der Waals surface area contributed by atoms with E-state index in [1.165, 1.54) is 31.4 Å². The summed E-state index contributed by atoms with van der Waals surface area (Å²) in [5, 5.41) is 2.58. The highest BCUT2D eigenvalue weighted by molar-refractivity contribution is 7.99. The van der Waals surface area contributed by atoms with E-state index in [0.29, 0.717) is 5.75 Å². The molecule has 0 saturated carbocycles. The van der Waals surface area contributed by atoms with Crippen LogP contribution in [0.5, 0.6) is 0 Å². The number of amides is 1. The normalized spacial score (nSPS) is 11.7. The summed E-state index contributed by atoms with van der Waals surface area (Å²) in [5.74, 6) is -0.213. The molecular formula is C13H17NO3S. The Hall–Kier alpha value is -1.49. The summed E-state index contributed by atoms with van der Waals surface area (Å²) in [6.45, 7) is 3.40. The maximum atomic E-state index is 11.5. The van der Waals surface area contributed by atoms with Gasteiger partial charge in [-0.1, -0.05) is 17.7 Å². The van der Waals surface area contributed by atoms with E-state index in [9.17, 15) is 9.59 Å². The number of aryl methyl sites for hydroxylation is 1. The van der Waals surface area contributed by atoms with Crippen molar-refractivity contribution in [2.24, 2.45) is 0 Å². The second-order valence-electron chi connectivity index (χ2n) is 3.90. The third kappa shape index (κ3) is 4.79. The molecule has 1 amide bonds. The Kier molecular flexibility index (Phi) is 5.71. The SMILES string of the molecule is COC(=O)[C@H](CSc1ccc(C)cc1)NC(C)=O. The van der Waals surface area contributed by atoms with Gasteiger partial charge in [-0.2, -0.15) is 0 Å². The lowest BCUT2D eigenvalue weighted by Gasteiger charge is -2.14. The van der Waals surface area contributed by atoms with E-state index >= 15 is 0 Å². The van der Waals surface area contributed by atoms with E-state index in [0.717, 1.165) is 4.90 Å². The number of carbonyl (C=O) groups excluding carboxylic acids is 2. The topological polar surface area (TPSA) is 55.4 Å². The molecule has 1 rings (SSSR count). The lowest BCUT2D eigenvalue weighted by molar-refractivity contribution is -0.144. The second-order valence-corrected chi connectivity index (χ2v) is 4.99. The molecule has 1 aromatic rings. The third-order valence-electron chi connectivity index (χ3n) is 2.30. The van der Waals surface area contributed by atoms with Crippen molar-refractivity contribution in [1.29, 1.82) is 0 Å². The zero-order valence-electron chi connectivity index (χ0n) is 10.7. The Labute approximate surface area is 111 Å². The summed E-state index contributed by atoms with van der Waals surface area (Å²) in [7, 11) is 1.31. The Morgan fingerprint density at radius 3 is 2.44 bits per heavy atom. The molecule has 0 unspecified atom stereocenters. The van der Waals surface area contributed by atoms with Gasteiger partial charge in [-0.05, 0) is 19.1 Å². The van der Waals surface area contributed by atoms with Crippen LogP contribution in [-0.2, 0) is 14.3 Å². The minimum atomic E-state index is -0.612. The molecule has 0 bridgehead atoms. The Morgan fingerprint density at radius 1 is 1.33 bits per heavy atom. The second kappa shape index (κ2) is 7.06. The number of hydrogen-bond donors (Lipinski definition) is 1. The molecule has 18 heavy (non-hydrogen) atoms. The molecule has 0 aliphatic heterocycles. The van der Waals surface area contributed by atoms with Gasteiger partial charge in [0.25, 0.3) is 0 Å². The summed E-state index contributed by atoms with van der Waals surface area (Å²) in [4.78, 5) is 23.5. The average molecular weight is 267 g/mol. The van der Waals surface area contributed by atoms with Crippen molar-refractivity contribution in [3.63, 3.8) is 0 Å². The maximum absolute atomic E-state index is 11.5. The summed E-state index contributed by atoms with van der Waals surface area (Å²) >= 11 is 1.51. The molecule has 5 heteroatoms. The van der Waals surface area contributed by atoms with Gasteiger partial charge in [0.2, 0.25) is 5.91 Å². The lowest BCUT2D eigenvalue weighted by Crippen LogP contribution is -2.42. The van der Waals surface area contributed by atoms with Gasteiger partial charge in [0.05, 0.1) is 7.11 Å². The Balaban J connectivity index is 2.58. The molecule has 0 saturated heterocycles. The number of rotatable bonds is 5. The zero-order valence-corrected chi connectivity index (χ0v) is 11.5. The molecule has 0 radical (unpaired) electrons. The summed E-state index contributed by atoms with van der Waals surface area (Å²) in [5.41, 5.74) is 1.19. The predicted octanol–water partition coefficient (Wildman–Crippen LogP) is 1.76. The van der Waals surface area contributed by atoms with Gasteiger partial charge in [-0.25, -0.2) is 4.79 Å². The average Bonchev–Trinajstić information content (AvgIpc) is 2.35. The van der Waals surface area contributed by atoms with Gasteiger partial charge in [0.1, 0.15) is 6.04 Å². The number of nitrogens with one attached hydrogen (secondary N) is 1. The molecule has 0 spiro atoms. The molecule has 0 heterocycles. The van der Waals surface area contributed by atoms with Crippen molar-refractivity contribution in [2.75, 3.05) is 12.9 Å². The Bertz CT molecular complexity index is 417. The van der Waals surface area contributed by atoms with Gasteiger partial charge < -0.3 is 10.1 Å². The number of carbonyl (C=O) groups is 2. The van der Waals surface area contributed by atoms with E-state index in [-0.39, 0.29) is 5.91 Å². The van der Waals surface area contributed by atoms with Crippen LogP contribution >= 0.6 is 11.8 Å². The van der Waals surface area contributed by atoms with Gasteiger partial charge in [0, 0.05) is 17.6 Å². The molecule has 0 aliphatic carbocycles. The number of thioether (sulfide) groups is 1. The first-order valence-electron chi connectivity index (χ1n) is 5.57. The Morgan fingerprint density at radius 2 is 1.94 bits per heavy atom. The lowest BCUT2D eigenvalue weighted by atomic mass is 10.2. The number of hydrogen-bond acceptors (Lipinski definition) is 4. The van der Waals surface area contributed by atoms with E-state index in [4.69, 9.17) is 0 Å². The van der Waals surface area contributed by atoms with Gasteiger partial charge in [-0.3, -0.25) is 4.79 Å². The molecule has 1 N–H and O–H groups in total. The number of ether oxygens (including phenoxy) is 1. The van der Waals surface area contributed by atoms with Crippen LogP contribution in [0.15, 0.2) is 29.2 Å². The monoisotopic (exact) mass is 267 g/mol. The van der Waals surface area contributed by atoms with Crippen LogP contribution in [0.1, 0.15) is 12.5 Å². The fourth-order valence-electron chi connectivity index (χ4n) is 1.37. The first kappa shape index (κ1) is 14.6. The summed E-state index contributed by atoms with van der Waals surface area (Å²) in [6.07, 6.45) is 0. The number of esters is 1. The van der Waals surface area contributed by atoms with Crippen molar-refractivity contribution in [3.8, 4) is 0 Å². The molecule has 1 atom stereocenters. The van der Waals surface area contributed by atoms with Crippen LogP contribution < -0.4 is 5.32 Å². The van der Waals surface area contributed by atoms with Crippen LogP contribution in [0.2, 0.25) is 0 Å².